The van der Waals surface area contributed by atoms with Gasteiger partial charge in [0.15, 0.2) is 11.5 Å². The van der Waals surface area contributed by atoms with E-state index in [-0.39, 0.29) is 5.57 Å². The number of ether oxygens (including phenoxy) is 3. The van der Waals surface area contributed by atoms with Gasteiger partial charge in [-0.15, -0.1) is 0 Å². The van der Waals surface area contributed by atoms with Gasteiger partial charge in [0.1, 0.15) is 11.3 Å². The van der Waals surface area contributed by atoms with Gasteiger partial charge in [-0.25, -0.2) is 9.69 Å². The van der Waals surface area contributed by atoms with Crippen molar-refractivity contribution in [3.05, 3.63) is 52.6 Å². The number of urea groups is 1. The summed E-state index contributed by atoms with van der Waals surface area (Å²) in [6.07, 6.45) is 1.36. The number of nitrogens with zero attached hydrogens (tertiary/aromatic N) is 1. The average Bonchev–Trinajstić information content (AvgIpc) is 2.72. The van der Waals surface area contributed by atoms with Crippen LogP contribution in [0.3, 0.4) is 0 Å². The lowest BCUT2D eigenvalue weighted by atomic mass is 10.0. The van der Waals surface area contributed by atoms with E-state index in [1.165, 1.54) is 27.4 Å². The molecule has 2 aromatic rings. The van der Waals surface area contributed by atoms with Crippen molar-refractivity contribution in [1.29, 1.82) is 0 Å². The van der Waals surface area contributed by atoms with E-state index in [9.17, 15) is 14.4 Å². The molecule has 1 heterocycles. The van der Waals surface area contributed by atoms with Crippen LogP contribution in [-0.2, 0) is 9.59 Å². The number of hydrogen-bond donors (Lipinski definition) is 1. The molecule has 0 bridgehead atoms. The highest BCUT2D eigenvalue weighted by Gasteiger charge is 2.37. The molecule has 0 atom stereocenters. The minimum atomic E-state index is -0.801. The molecule has 3 rings (SSSR count). The molecule has 8 heteroatoms. The Balaban J connectivity index is 2.10. The maximum Gasteiger partial charge on any atom is 0.335 e. The number of barbiturate groups is 1. The van der Waals surface area contributed by atoms with E-state index < -0.39 is 17.8 Å². The summed E-state index contributed by atoms with van der Waals surface area (Å²) in [5, 5.41) is 2.21. The van der Waals surface area contributed by atoms with Crippen molar-refractivity contribution >= 4 is 29.6 Å². The molecule has 8 nitrogen and oxygen atoms in total. The molecule has 2 aromatic carbocycles. The topological polar surface area (TPSA) is 94.2 Å². The van der Waals surface area contributed by atoms with E-state index in [0.29, 0.717) is 28.5 Å². The highest BCUT2D eigenvalue weighted by molar-refractivity contribution is 6.39. The Labute approximate surface area is 174 Å². The van der Waals surface area contributed by atoms with E-state index in [4.69, 9.17) is 14.2 Å². The van der Waals surface area contributed by atoms with Crippen LogP contribution in [0.1, 0.15) is 16.7 Å². The van der Waals surface area contributed by atoms with Crippen molar-refractivity contribution in [1.82, 2.24) is 5.32 Å². The summed E-state index contributed by atoms with van der Waals surface area (Å²) in [5.74, 6) is -0.320. The Morgan fingerprint density at radius 1 is 0.833 bits per heavy atom. The molecule has 0 aliphatic carbocycles. The Morgan fingerprint density at radius 3 is 2.07 bits per heavy atom. The standard InChI is InChI=1S/C22H22N2O6/c1-12-6-7-15(8-13(12)2)24-21(26)16(20(25)23-22(24)27)9-14-10-18(29-4)19(30-5)11-17(14)28-3/h6-11H,1-5H3,(H,23,25,27)/b16-9-. The van der Waals surface area contributed by atoms with Crippen LogP contribution in [0, 0.1) is 13.8 Å². The monoisotopic (exact) mass is 410 g/mol. The van der Waals surface area contributed by atoms with Gasteiger partial charge in [0.05, 0.1) is 27.0 Å². The van der Waals surface area contributed by atoms with Gasteiger partial charge < -0.3 is 14.2 Å². The fourth-order valence-electron chi connectivity index (χ4n) is 3.08. The maximum absolute atomic E-state index is 13.1. The number of imide groups is 2. The van der Waals surface area contributed by atoms with E-state index in [1.54, 1.807) is 24.3 Å². The first-order valence-electron chi connectivity index (χ1n) is 9.09. The number of rotatable bonds is 5. The summed E-state index contributed by atoms with van der Waals surface area (Å²) in [6.45, 7) is 3.80. The fourth-order valence-corrected chi connectivity index (χ4v) is 3.08. The second kappa shape index (κ2) is 8.28. The zero-order valence-electron chi connectivity index (χ0n) is 17.4. The van der Waals surface area contributed by atoms with E-state index in [1.807, 2.05) is 19.9 Å². The van der Waals surface area contributed by atoms with Crippen LogP contribution in [0.2, 0.25) is 0 Å². The van der Waals surface area contributed by atoms with Crippen molar-refractivity contribution < 1.29 is 28.6 Å². The molecule has 1 aliphatic heterocycles. The zero-order valence-corrected chi connectivity index (χ0v) is 17.4. The predicted octanol–water partition coefficient (Wildman–Crippen LogP) is 3.00. The number of nitrogens with one attached hydrogen (secondary N) is 1. The molecule has 0 radical (unpaired) electrons. The lowest BCUT2D eigenvalue weighted by Crippen LogP contribution is -2.54. The molecule has 1 fully saturated rings. The first-order valence-corrected chi connectivity index (χ1v) is 9.09. The maximum atomic E-state index is 13.1. The van der Waals surface area contributed by atoms with Crippen LogP contribution in [0.25, 0.3) is 6.08 Å². The highest BCUT2D eigenvalue weighted by atomic mass is 16.5. The summed E-state index contributed by atoms with van der Waals surface area (Å²) < 4.78 is 15.9. The first kappa shape index (κ1) is 20.9. The third-order valence-electron chi connectivity index (χ3n) is 4.89. The Kier molecular flexibility index (Phi) is 5.77. The van der Waals surface area contributed by atoms with Crippen LogP contribution >= 0.6 is 0 Å². The van der Waals surface area contributed by atoms with Gasteiger partial charge in [-0.1, -0.05) is 6.07 Å². The Bertz CT molecular complexity index is 1070. The normalized spacial score (nSPS) is 15.3. The molecular formula is C22H22N2O6. The molecule has 1 saturated heterocycles. The van der Waals surface area contributed by atoms with Crippen molar-refractivity contribution in [3.8, 4) is 17.2 Å². The van der Waals surface area contributed by atoms with Gasteiger partial charge in [0, 0.05) is 11.6 Å². The van der Waals surface area contributed by atoms with Crippen molar-refractivity contribution in [2.75, 3.05) is 26.2 Å². The van der Waals surface area contributed by atoms with E-state index in [2.05, 4.69) is 5.32 Å². The van der Waals surface area contributed by atoms with Crippen molar-refractivity contribution in [2.45, 2.75) is 13.8 Å². The Hall–Kier alpha value is -3.81. The number of methoxy groups -OCH3 is 3. The van der Waals surface area contributed by atoms with Gasteiger partial charge in [-0.2, -0.15) is 0 Å². The molecule has 0 spiro atoms. The number of carbonyl (C=O) groups excluding carboxylic acids is 3. The van der Waals surface area contributed by atoms with Crippen molar-refractivity contribution in [2.24, 2.45) is 0 Å². The van der Waals surface area contributed by atoms with Gasteiger partial charge in [-0.05, 0) is 49.2 Å². The lowest BCUT2D eigenvalue weighted by Gasteiger charge is -2.27. The largest absolute Gasteiger partial charge is 0.496 e. The molecular weight excluding hydrogens is 388 g/mol. The molecule has 0 unspecified atom stereocenters. The van der Waals surface area contributed by atoms with Crippen LogP contribution in [0.15, 0.2) is 35.9 Å². The third kappa shape index (κ3) is 3.71. The Morgan fingerprint density at radius 2 is 1.47 bits per heavy atom. The number of amides is 4. The summed E-state index contributed by atoms with van der Waals surface area (Å²) in [5.41, 5.74) is 2.52. The molecule has 0 aromatic heterocycles. The van der Waals surface area contributed by atoms with Gasteiger partial charge in [0.25, 0.3) is 11.8 Å². The quantitative estimate of drug-likeness (QED) is 0.602. The fraction of sp³-hybridized carbons (Fsp3) is 0.227. The number of anilines is 1. The summed E-state index contributed by atoms with van der Waals surface area (Å²) in [6, 6.07) is 7.55. The van der Waals surface area contributed by atoms with Crippen LogP contribution in [0.5, 0.6) is 17.2 Å². The van der Waals surface area contributed by atoms with Crippen LogP contribution < -0.4 is 24.4 Å². The van der Waals surface area contributed by atoms with E-state index in [0.717, 1.165) is 16.0 Å². The van der Waals surface area contributed by atoms with Gasteiger partial charge >= 0.3 is 6.03 Å². The van der Waals surface area contributed by atoms with Gasteiger partial charge in [0.2, 0.25) is 0 Å². The lowest BCUT2D eigenvalue weighted by molar-refractivity contribution is -0.122. The SMILES string of the molecule is COc1cc(OC)c(OC)cc1/C=C1/C(=O)NC(=O)N(c2ccc(C)c(C)c2)C1=O. The number of aryl methyl sites for hydroxylation is 2. The third-order valence-corrected chi connectivity index (χ3v) is 4.89. The first-order chi connectivity index (χ1) is 14.3. The van der Waals surface area contributed by atoms with Crippen LogP contribution in [0.4, 0.5) is 10.5 Å². The zero-order chi connectivity index (χ0) is 22.0. The molecule has 1 aliphatic rings. The van der Waals surface area contributed by atoms with Crippen LogP contribution in [-0.4, -0.2) is 39.2 Å². The minimum absolute atomic E-state index is 0.210. The van der Waals surface area contributed by atoms with Gasteiger partial charge in [-0.3, -0.25) is 14.9 Å². The summed E-state index contributed by atoms with van der Waals surface area (Å²) in [4.78, 5) is 38.9. The minimum Gasteiger partial charge on any atom is -0.496 e. The number of carbonyl (C=O) groups is 3. The molecule has 0 saturated carbocycles. The molecule has 30 heavy (non-hydrogen) atoms. The average molecular weight is 410 g/mol. The van der Waals surface area contributed by atoms with Crippen molar-refractivity contribution in [3.63, 3.8) is 0 Å². The molecule has 4 amide bonds. The summed E-state index contributed by atoms with van der Waals surface area (Å²) in [7, 11) is 4.41. The predicted molar refractivity (Wildman–Crippen MR) is 111 cm³/mol. The number of hydrogen-bond acceptors (Lipinski definition) is 6. The number of benzene rings is 2. The smallest absolute Gasteiger partial charge is 0.335 e. The van der Waals surface area contributed by atoms with E-state index >= 15 is 0 Å². The summed E-state index contributed by atoms with van der Waals surface area (Å²) >= 11 is 0. The molecule has 156 valence electrons. The molecule has 1 N–H and O–H groups in total. The second-order valence-corrected chi connectivity index (χ2v) is 6.68. The highest BCUT2D eigenvalue weighted by Crippen LogP contribution is 2.36. The second-order valence-electron chi connectivity index (χ2n) is 6.68.